The number of rotatable bonds is 8. The monoisotopic (exact) mass is 420 g/mol. The number of guanidine groups is 1. The fourth-order valence-electron chi connectivity index (χ4n) is 2.48. The molecule has 1 unspecified atom stereocenters. The van der Waals surface area contributed by atoms with Crippen LogP contribution in [-0.4, -0.2) is 36.3 Å². The van der Waals surface area contributed by atoms with Crippen LogP contribution in [0.4, 0.5) is 0 Å². The van der Waals surface area contributed by atoms with Crippen LogP contribution < -0.4 is 10.6 Å². The van der Waals surface area contributed by atoms with Gasteiger partial charge in [-0.05, 0) is 51.6 Å². The molecule has 1 aromatic carbocycles. The first-order valence-corrected chi connectivity index (χ1v) is 11.3. The van der Waals surface area contributed by atoms with E-state index in [1.165, 1.54) is 16.2 Å². The lowest BCUT2D eigenvalue weighted by Gasteiger charge is -2.16. The molecule has 0 fully saturated rings. The topological polar surface area (TPSA) is 75.6 Å². The second-order valence-corrected chi connectivity index (χ2v) is 8.01. The minimum atomic E-state index is -0.315. The number of ether oxygens (including phenoxy) is 1. The molecule has 0 saturated heterocycles. The Kier molecular flexibility index (Phi) is 8.79. The lowest BCUT2D eigenvalue weighted by molar-refractivity contribution is 0.0531. The standard InChI is InChI=1S/C20H28N4O2S2/c1-6-21-20(22-12-15-8-10-16(27-5)11-9-15)24-14(4)18-23-13(3)17(28-18)19(25)26-7-2/h8-11,14H,6-7,12H2,1-5H3,(H2,21,22,24). The molecule has 6 nitrogen and oxygen atoms in total. The van der Waals surface area contributed by atoms with Gasteiger partial charge >= 0.3 is 5.97 Å². The van der Waals surface area contributed by atoms with Crippen molar-refractivity contribution < 1.29 is 9.53 Å². The Morgan fingerprint density at radius 1 is 1.32 bits per heavy atom. The van der Waals surface area contributed by atoms with Gasteiger partial charge in [-0.1, -0.05) is 12.1 Å². The van der Waals surface area contributed by atoms with Crippen molar-refractivity contribution in [2.75, 3.05) is 19.4 Å². The highest BCUT2D eigenvalue weighted by molar-refractivity contribution is 7.98. The fraction of sp³-hybridized carbons (Fsp3) is 0.450. The molecule has 1 heterocycles. The molecule has 0 radical (unpaired) electrons. The van der Waals surface area contributed by atoms with E-state index in [4.69, 9.17) is 4.74 Å². The van der Waals surface area contributed by atoms with Crippen molar-refractivity contribution in [1.82, 2.24) is 15.6 Å². The summed E-state index contributed by atoms with van der Waals surface area (Å²) in [7, 11) is 0. The van der Waals surface area contributed by atoms with Crippen LogP contribution in [0.15, 0.2) is 34.2 Å². The number of carbonyl (C=O) groups is 1. The molecule has 0 amide bonds. The summed E-state index contributed by atoms with van der Waals surface area (Å²) in [6.45, 7) is 9.36. The van der Waals surface area contributed by atoms with E-state index in [1.807, 2.05) is 20.8 Å². The van der Waals surface area contributed by atoms with Gasteiger partial charge in [0.1, 0.15) is 9.88 Å². The maximum atomic E-state index is 12.0. The van der Waals surface area contributed by atoms with Gasteiger partial charge in [0.25, 0.3) is 0 Å². The van der Waals surface area contributed by atoms with Crippen molar-refractivity contribution in [2.45, 2.75) is 45.2 Å². The van der Waals surface area contributed by atoms with Gasteiger partial charge in [0.15, 0.2) is 5.96 Å². The normalized spacial score (nSPS) is 12.5. The summed E-state index contributed by atoms with van der Waals surface area (Å²) in [6, 6.07) is 8.32. The summed E-state index contributed by atoms with van der Waals surface area (Å²) < 4.78 is 5.10. The molecule has 0 aliphatic carbocycles. The maximum absolute atomic E-state index is 12.0. The maximum Gasteiger partial charge on any atom is 0.350 e. The molecule has 1 aromatic heterocycles. The number of benzene rings is 1. The number of hydrogen-bond donors (Lipinski definition) is 2. The van der Waals surface area contributed by atoms with Crippen molar-refractivity contribution in [3.05, 3.63) is 45.4 Å². The largest absolute Gasteiger partial charge is 0.462 e. The van der Waals surface area contributed by atoms with Gasteiger partial charge in [-0.15, -0.1) is 23.1 Å². The van der Waals surface area contributed by atoms with E-state index in [1.54, 1.807) is 18.7 Å². The highest BCUT2D eigenvalue weighted by Crippen LogP contribution is 2.24. The van der Waals surface area contributed by atoms with E-state index in [0.29, 0.717) is 23.7 Å². The summed E-state index contributed by atoms with van der Waals surface area (Å²) in [5.41, 5.74) is 1.85. The Labute approximate surface area is 175 Å². The van der Waals surface area contributed by atoms with Crippen LogP contribution >= 0.6 is 23.1 Å². The summed E-state index contributed by atoms with van der Waals surface area (Å²) in [5.74, 6) is 0.402. The van der Waals surface area contributed by atoms with Crippen molar-refractivity contribution in [1.29, 1.82) is 0 Å². The number of aliphatic imine (C=N–C) groups is 1. The molecule has 0 bridgehead atoms. The first-order chi connectivity index (χ1) is 13.5. The Morgan fingerprint density at radius 3 is 2.64 bits per heavy atom. The smallest absolute Gasteiger partial charge is 0.350 e. The van der Waals surface area contributed by atoms with Gasteiger partial charge in [-0.3, -0.25) is 0 Å². The van der Waals surface area contributed by atoms with E-state index in [0.717, 1.165) is 23.1 Å². The predicted molar refractivity (Wildman–Crippen MR) is 117 cm³/mol. The number of thioether (sulfide) groups is 1. The second kappa shape index (κ2) is 11.1. The molecule has 0 spiro atoms. The number of thiazole rings is 1. The molecule has 2 N–H and O–H groups in total. The minimum absolute atomic E-state index is 0.0801. The molecular weight excluding hydrogens is 392 g/mol. The summed E-state index contributed by atoms with van der Waals surface area (Å²) >= 11 is 3.09. The van der Waals surface area contributed by atoms with E-state index in [9.17, 15) is 4.79 Å². The van der Waals surface area contributed by atoms with E-state index in [2.05, 4.69) is 51.1 Å². The molecule has 2 rings (SSSR count). The predicted octanol–water partition coefficient (Wildman–Crippen LogP) is 4.17. The minimum Gasteiger partial charge on any atom is -0.462 e. The summed E-state index contributed by atoms with van der Waals surface area (Å²) in [5, 5.41) is 7.46. The second-order valence-electron chi connectivity index (χ2n) is 6.10. The van der Waals surface area contributed by atoms with Gasteiger partial charge in [-0.2, -0.15) is 0 Å². The highest BCUT2D eigenvalue weighted by atomic mass is 32.2. The first-order valence-electron chi connectivity index (χ1n) is 9.30. The molecule has 8 heteroatoms. The van der Waals surface area contributed by atoms with Crippen LogP contribution in [0.25, 0.3) is 0 Å². The Hall–Kier alpha value is -2.06. The molecule has 0 aliphatic heterocycles. The molecule has 28 heavy (non-hydrogen) atoms. The third kappa shape index (κ3) is 6.24. The van der Waals surface area contributed by atoms with Crippen LogP contribution in [0.1, 0.15) is 52.7 Å². The van der Waals surface area contributed by atoms with Gasteiger partial charge in [-0.25, -0.2) is 14.8 Å². The Balaban J connectivity index is 2.07. The average molecular weight is 421 g/mol. The number of nitrogens with one attached hydrogen (secondary N) is 2. The number of nitrogens with zero attached hydrogens (tertiary/aromatic N) is 2. The zero-order chi connectivity index (χ0) is 20.5. The molecule has 1 atom stereocenters. The third-order valence-corrected chi connectivity index (χ3v) is 5.98. The van der Waals surface area contributed by atoms with E-state index >= 15 is 0 Å². The number of aromatic nitrogens is 1. The van der Waals surface area contributed by atoms with Crippen molar-refractivity contribution in [3.8, 4) is 0 Å². The SMILES string of the molecule is CCNC(=NCc1ccc(SC)cc1)NC(C)c1nc(C)c(C(=O)OCC)s1. The van der Waals surface area contributed by atoms with Crippen molar-refractivity contribution in [3.63, 3.8) is 0 Å². The molecule has 0 saturated carbocycles. The lowest BCUT2D eigenvalue weighted by Crippen LogP contribution is -2.38. The van der Waals surface area contributed by atoms with Crippen LogP contribution in [0.2, 0.25) is 0 Å². The van der Waals surface area contributed by atoms with Crippen LogP contribution in [0, 0.1) is 6.92 Å². The fourth-order valence-corrected chi connectivity index (χ4v) is 3.85. The van der Waals surface area contributed by atoms with Gasteiger partial charge in [0.05, 0.1) is 24.9 Å². The average Bonchev–Trinajstić information content (AvgIpc) is 3.09. The molecule has 0 aliphatic rings. The molecule has 152 valence electrons. The first kappa shape index (κ1) is 22.2. The summed E-state index contributed by atoms with van der Waals surface area (Å²) in [4.78, 5) is 23.0. The van der Waals surface area contributed by atoms with Gasteiger partial charge in [0, 0.05) is 11.4 Å². The van der Waals surface area contributed by atoms with Crippen LogP contribution in [0.3, 0.4) is 0 Å². The quantitative estimate of drug-likeness (QED) is 0.289. The van der Waals surface area contributed by atoms with Crippen molar-refractivity contribution >= 4 is 35.0 Å². The molecule has 2 aromatic rings. The highest BCUT2D eigenvalue weighted by Gasteiger charge is 2.20. The Morgan fingerprint density at radius 2 is 2.04 bits per heavy atom. The number of aryl methyl sites for hydroxylation is 1. The zero-order valence-corrected chi connectivity index (χ0v) is 18.7. The van der Waals surface area contributed by atoms with Crippen LogP contribution in [-0.2, 0) is 11.3 Å². The van der Waals surface area contributed by atoms with Gasteiger partial charge < -0.3 is 15.4 Å². The lowest BCUT2D eigenvalue weighted by atomic mass is 10.2. The van der Waals surface area contributed by atoms with E-state index < -0.39 is 0 Å². The van der Waals surface area contributed by atoms with Crippen LogP contribution in [0.5, 0.6) is 0 Å². The van der Waals surface area contributed by atoms with Crippen molar-refractivity contribution in [2.24, 2.45) is 4.99 Å². The Bertz CT molecular complexity index is 803. The summed E-state index contributed by atoms with van der Waals surface area (Å²) in [6.07, 6.45) is 2.06. The zero-order valence-electron chi connectivity index (χ0n) is 17.0. The number of carbonyl (C=O) groups excluding carboxylic acids is 1. The molecular formula is C20H28N4O2S2. The number of esters is 1. The van der Waals surface area contributed by atoms with Gasteiger partial charge in [0.2, 0.25) is 0 Å². The van der Waals surface area contributed by atoms with E-state index in [-0.39, 0.29) is 12.0 Å². The third-order valence-electron chi connectivity index (χ3n) is 3.92. The number of hydrogen-bond acceptors (Lipinski definition) is 6.